The molecule has 1 aliphatic heterocycles. The van der Waals surface area contributed by atoms with E-state index in [1.165, 1.54) is 11.3 Å². The first-order valence-electron chi connectivity index (χ1n) is 7.35. The van der Waals surface area contributed by atoms with Gasteiger partial charge in [0.25, 0.3) is 0 Å². The minimum atomic E-state index is -0.505. The Morgan fingerprint density at radius 3 is 2.52 bits per heavy atom. The van der Waals surface area contributed by atoms with Gasteiger partial charge in [0.05, 0.1) is 6.04 Å². The molecule has 2 aromatic rings. The zero-order chi connectivity index (χ0) is 14.7. The fourth-order valence-corrected chi connectivity index (χ4v) is 2.78. The second kappa shape index (κ2) is 6.10. The second-order valence-electron chi connectivity index (χ2n) is 5.58. The average molecular weight is 280 g/mol. The van der Waals surface area contributed by atoms with E-state index in [0.717, 1.165) is 30.5 Å². The maximum absolute atomic E-state index is 10.4. The number of benzene rings is 2. The molecule has 0 spiro atoms. The molecule has 3 N–H and O–H groups in total. The first-order chi connectivity index (χ1) is 10.2. The molecular formula is C18H20N2O. The van der Waals surface area contributed by atoms with Crippen LogP contribution in [0.3, 0.4) is 0 Å². The van der Waals surface area contributed by atoms with Gasteiger partial charge in [-0.1, -0.05) is 42.5 Å². The van der Waals surface area contributed by atoms with E-state index in [2.05, 4.69) is 0 Å². The van der Waals surface area contributed by atoms with Gasteiger partial charge in [-0.2, -0.15) is 0 Å². The van der Waals surface area contributed by atoms with Gasteiger partial charge < -0.3 is 10.8 Å². The third kappa shape index (κ3) is 3.31. The molecule has 21 heavy (non-hydrogen) atoms. The third-order valence-corrected chi connectivity index (χ3v) is 3.97. The number of nitrogen functional groups attached to an aromatic ring is 1. The van der Waals surface area contributed by atoms with E-state index in [1.807, 2.05) is 54.6 Å². The lowest BCUT2D eigenvalue weighted by Crippen LogP contribution is -2.13. The fourth-order valence-electron chi connectivity index (χ4n) is 2.78. The third-order valence-electron chi connectivity index (χ3n) is 3.97. The van der Waals surface area contributed by atoms with Crippen molar-refractivity contribution in [2.75, 3.05) is 5.73 Å². The van der Waals surface area contributed by atoms with Crippen molar-refractivity contribution in [3.63, 3.8) is 0 Å². The van der Waals surface area contributed by atoms with Crippen LogP contribution in [-0.2, 0) is 6.42 Å². The molecule has 0 amide bonds. The second-order valence-corrected chi connectivity index (χ2v) is 5.58. The van der Waals surface area contributed by atoms with Crippen molar-refractivity contribution in [3.8, 4) is 0 Å². The van der Waals surface area contributed by atoms with E-state index in [4.69, 9.17) is 10.7 Å². The molecule has 0 saturated heterocycles. The molecule has 2 aromatic carbocycles. The van der Waals surface area contributed by atoms with Crippen molar-refractivity contribution in [2.24, 2.45) is 4.99 Å². The largest absolute Gasteiger partial charge is 0.399 e. The maximum Gasteiger partial charge on any atom is 0.101 e. The highest BCUT2D eigenvalue weighted by molar-refractivity contribution is 5.88. The predicted molar refractivity (Wildman–Crippen MR) is 86.4 cm³/mol. The Labute approximate surface area is 125 Å². The van der Waals surface area contributed by atoms with Gasteiger partial charge in [-0.25, -0.2) is 0 Å². The minimum Gasteiger partial charge on any atom is -0.399 e. The number of nitrogens with two attached hydrogens (primary N) is 1. The number of aliphatic hydroxyl groups excluding tert-OH is 1. The van der Waals surface area contributed by atoms with Crippen molar-refractivity contribution in [1.82, 2.24) is 0 Å². The minimum absolute atomic E-state index is 0.0174. The number of hydrogen-bond donors (Lipinski definition) is 2. The van der Waals surface area contributed by atoms with Crippen LogP contribution in [0.4, 0.5) is 5.69 Å². The van der Waals surface area contributed by atoms with Crippen molar-refractivity contribution in [3.05, 3.63) is 65.7 Å². The zero-order valence-corrected chi connectivity index (χ0v) is 11.9. The molecule has 0 saturated carbocycles. The summed E-state index contributed by atoms with van der Waals surface area (Å²) >= 11 is 0. The highest BCUT2D eigenvalue weighted by Crippen LogP contribution is 2.27. The van der Waals surface area contributed by atoms with Crippen LogP contribution in [0.1, 0.15) is 30.1 Å². The van der Waals surface area contributed by atoms with Crippen molar-refractivity contribution < 1.29 is 5.11 Å². The van der Waals surface area contributed by atoms with Gasteiger partial charge in [-0.15, -0.1) is 0 Å². The van der Waals surface area contributed by atoms with Gasteiger partial charge in [0, 0.05) is 17.8 Å². The highest BCUT2D eigenvalue weighted by atomic mass is 16.3. The lowest BCUT2D eigenvalue weighted by atomic mass is 10.00. The Morgan fingerprint density at radius 1 is 1.10 bits per heavy atom. The molecule has 2 atom stereocenters. The Kier molecular flexibility index (Phi) is 4.02. The summed E-state index contributed by atoms with van der Waals surface area (Å²) in [7, 11) is 0. The summed E-state index contributed by atoms with van der Waals surface area (Å²) in [5.41, 5.74) is 9.81. The molecule has 3 rings (SSSR count). The van der Waals surface area contributed by atoms with E-state index in [-0.39, 0.29) is 6.04 Å². The lowest BCUT2D eigenvalue weighted by Gasteiger charge is -2.15. The van der Waals surface area contributed by atoms with Gasteiger partial charge in [0.15, 0.2) is 0 Å². The van der Waals surface area contributed by atoms with Gasteiger partial charge in [-0.05, 0) is 36.1 Å². The molecule has 0 bridgehead atoms. The SMILES string of the molecule is Nc1ccc(CC2=NC(C(O)c3ccccc3)CC2)cc1. The molecule has 0 aliphatic carbocycles. The van der Waals surface area contributed by atoms with Crippen LogP contribution in [0.25, 0.3) is 0 Å². The quantitative estimate of drug-likeness (QED) is 0.845. The molecule has 0 aromatic heterocycles. The molecule has 3 nitrogen and oxygen atoms in total. The van der Waals surface area contributed by atoms with Crippen LogP contribution in [-0.4, -0.2) is 16.9 Å². The van der Waals surface area contributed by atoms with Crippen LogP contribution < -0.4 is 5.73 Å². The Balaban J connectivity index is 1.68. The van der Waals surface area contributed by atoms with Crippen LogP contribution in [0, 0.1) is 0 Å². The van der Waals surface area contributed by atoms with E-state index >= 15 is 0 Å². The van der Waals surface area contributed by atoms with Crippen molar-refractivity contribution in [1.29, 1.82) is 0 Å². The van der Waals surface area contributed by atoms with Crippen molar-refractivity contribution >= 4 is 11.4 Å². The van der Waals surface area contributed by atoms with Crippen molar-refractivity contribution in [2.45, 2.75) is 31.4 Å². The van der Waals surface area contributed by atoms with Gasteiger partial charge >= 0.3 is 0 Å². The molecule has 1 aliphatic rings. The first-order valence-corrected chi connectivity index (χ1v) is 7.35. The van der Waals surface area contributed by atoms with Crippen LogP contribution in [0.15, 0.2) is 59.6 Å². The molecule has 2 unspecified atom stereocenters. The normalized spacial score (nSPS) is 19.3. The summed E-state index contributed by atoms with van der Waals surface area (Å²) in [5, 5.41) is 10.4. The summed E-state index contributed by atoms with van der Waals surface area (Å²) in [5.74, 6) is 0. The monoisotopic (exact) mass is 280 g/mol. The van der Waals surface area contributed by atoms with E-state index in [0.29, 0.717) is 0 Å². The molecular weight excluding hydrogens is 260 g/mol. The molecule has 3 heteroatoms. The topological polar surface area (TPSA) is 58.6 Å². The molecule has 1 heterocycles. The van der Waals surface area contributed by atoms with Gasteiger partial charge in [0.2, 0.25) is 0 Å². The fraction of sp³-hybridized carbons (Fsp3) is 0.278. The highest BCUT2D eigenvalue weighted by Gasteiger charge is 2.25. The molecule has 0 fully saturated rings. The standard InChI is InChI=1S/C18H20N2O/c19-15-8-6-13(7-9-15)12-16-10-11-17(20-16)18(21)14-4-2-1-3-5-14/h1-9,17-18,21H,10-12,19H2. The summed E-state index contributed by atoms with van der Waals surface area (Å²) in [6, 6.07) is 17.7. The molecule has 0 radical (unpaired) electrons. The summed E-state index contributed by atoms with van der Waals surface area (Å²) in [6.45, 7) is 0. The number of anilines is 1. The Bertz CT molecular complexity index is 619. The maximum atomic E-state index is 10.4. The van der Waals surface area contributed by atoms with Gasteiger partial charge in [0.1, 0.15) is 6.10 Å². The Hall–Kier alpha value is -2.13. The van der Waals surface area contributed by atoms with Crippen LogP contribution in [0.2, 0.25) is 0 Å². The predicted octanol–water partition coefficient (Wildman–Crippen LogP) is 3.15. The van der Waals surface area contributed by atoms with E-state index in [9.17, 15) is 5.11 Å². The van der Waals surface area contributed by atoms with E-state index < -0.39 is 6.10 Å². The number of hydrogen-bond acceptors (Lipinski definition) is 3. The van der Waals surface area contributed by atoms with E-state index in [1.54, 1.807) is 0 Å². The van der Waals surface area contributed by atoms with Crippen LogP contribution in [0.5, 0.6) is 0 Å². The lowest BCUT2D eigenvalue weighted by molar-refractivity contribution is 0.147. The average Bonchev–Trinajstić information content (AvgIpc) is 2.98. The number of aliphatic hydroxyl groups is 1. The number of nitrogens with zero attached hydrogens (tertiary/aromatic N) is 1. The zero-order valence-electron chi connectivity index (χ0n) is 11.9. The van der Waals surface area contributed by atoms with Gasteiger partial charge in [-0.3, -0.25) is 4.99 Å². The summed E-state index contributed by atoms with van der Waals surface area (Å²) < 4.78 is 0. The number of rotatable bonds is 4. The molecule has 108 valence electrons. The summed E-state index contributed by atoms with van der Waals surface area (Å²) in [6.07, 6.45) is 2.22. The first kappa shape index (κ1) is 13.8. The number of aliphatic imine (C=N–C) groups is 1. The smallest absolute Gasteiger partial charge is 0.101 e. The summed E-state index contributed by atoms with van der Waals surface area (Å²) in [4.78, 5) is 4.72. The van der Waals surface area contributed by atoms with Crippen LogP contribution >= 0.6 is 0 Å². The Morgan fingerprint density at radius 2 is 1.81 bits per heavy atom.